The van der Waals surface area contributed by atoms with Crippen molar-refractivity contribution in [2.75, 3.05) is 13.1 Å². The molecule has 0 radical (unpaired) electrons. The van der Waals surface area contributed by atoms with E-state index in [2.05, 4.69) is 22.0 Å². The van der Waals surface area contributed by atoms with Gasteiger partial charge in [0.2, 0.25) is 11.7 Å². The Hall–Kier alpha value is -1.24. The van der Waals surface area contributed by atoms with E-state index in [0.29, 0.717) is 23.7 Å². The Bertz CT molecular complexity index is 539. The molecule has 2 N–H and O–H groups in total. The molecule has 2 atom stereocenters. The molecule has 0 bridgehead atoms. The summed E-state index contributed by atoms with van der Waals surface area (Å²) in [4.78, 5) is 7.89. The zero-order valence-electron chi connectivity index (χ0n) is 11.7. The van der Waals surface area contributed by atoms with Crippen molar-refractivity contribution in [3.63, 3.8) is 0 Å². The molecule has 20 heavy (non-hydrogen) atoms. The highest BCUT2D eigenvalue weighted by atomic mass is 32.1. The molecule has 0 amide bonds. The highest BCUT2D eigenvalue weighted by Crippen LogP contribution is 2.23. The maximum absolute atomic E-state index is 6.14. The lowest BCUT2D eigenvalue weighted by atomic mass is 9.91. The summed E-state index contributed by atoms with van der Waals surface area (Å²) >= 11 is 1.62. The van der Waals surface area contributed by atoms with Gasteiger partial charge in [-0.25, -0.2) is 0 Å². The fraction of sp³-hybridized carbons (Fsp3) is 0.571. The van der Waals surface area contributed by atoms with E-state index in [1.165, 1.54) is 0 Å². The van der Waals surface area contributed by atoms with Gasteiger partial charge in [-0.3, -0.25) is 4.90 Å². The van der Waals surface area contributed by atoms with Crippen molar-refractivity contribution in [3.8, 4) is 10.7 Å². The maximum Gasteiger partial charge on any atom is 0.241 e. The molecular formula is C14H20N4OS. The topological polar surface area (TPSA) is 68.2 Å². The first-order valence-corrected chi connectivity index (χ1v) is 7.98. The van der Waals surface area contributed by atoms with Crippen LogP contribution in [0.3, 0.4) is 0 Å². The number of nitrogens with two attached hydrogens (primary N) is 1. The maximum atomic E-state index is 6.14. The summed E-state index contributed by atoms with van der Waals surface area (Å²) in [6.07, 6.45) is 2.17. The van der Waals surface area contributed by atoms with Gasteiger partial charge in [-0.05, 0) is 23.8 Å². The van der Waals surface area contributed by atoms with E-state index in [1.54, 1.807) is 11.3 Å². The van der Waals surface area contributed by atoms with E-state index in [4.69, 9.17) is 10.3 Å². The van der Waals surface area contributed by atoms with Crippen molar-refractivity contribution in [2.45, 2.75) is 32.4 Å². The lowest BCUT2D eigenvalue weighted by Gasteiger charge is -2.35. The summed E-state index contributed by atoms with van der Waals surface area (Å²) < 4.78 is 5.36. The lowest BCUT2D eigenvalue weighted by molar-refractivity contribution is 0.131. The molecule has 1 saturated heterocycles. The van der Waals surface area contributed by atoms with Gasteiger partial charge >= 0.3 is 0 Å². The van der Waals surface area contributed by atoms with Crippen LogP contribution in [0.1, 0.15) is 25.7 Å². The number of thiophene rings is 1. The van der Waals surface area contributed by atoms with Crippen molar-refractivity contribution in [3.05, 3.63) is 23.4 Å². The van der Waals surface area contributed by atoms with Crippen molar-refractivity contribution in [2.24, 2.45) is 11.7 Å². The summed E-state index contributed by atoms with van der Waals surface area (Å²) in [6.45, 7) is 4.96. The van der Waals surface area contributed by atoms with Crippen molar-refractivity contribution >= 4 is 11.3 Å². The smallest absolute Gasteiger partial charge is 0.241 e. The van der Waals surface area contributed by atoms with Crippen LogP contribution in [-0.2, 0) is 6.54 Å². The second-order valence-corrected chi connectivity index (χ2v) is 6.29. The third kappa shape index (κ3) is 2.92. The zero-order valence-corrected chi connectivity index (χ0v) is 12.5. The Balaban J connectivity index is 1.64. The van der Waals surface area contributed by atoms with Gasteiger partial charge in [-0.1, -0.05) is 24.6 Å². The molecule has 1 fully saturated rings. The van der Waals surface area contributed by atoms with E-state index in [1.807, 2.05) is 17.5 Å². The molecule has 2 aromatic heterocycles. The Kier molecular flexibility index (Phi) is 4.14. The first-order valence-electron chi connectivity index (χ1n) is 7.10. The molecule has 2 aromatic rings. The summed E-state index contributed by atoms with van der Waals surface area (Å²) in [5, 5.41) is 6.07. The molecule has 3 rings (SSSR count). The Morgan fingerprint density at radius 3 is 3.20 bits per heavy atom. The molecule has 1 aliphatic rings. The van der Waals surface area contributed by atoms with Crippen LogP contribution in [0.4, 0.5) is 0 Å². The Labute approximate surface area is 122 Å². The first-order chi connectivity index (χ1) is 9.76. The second kappa shape index (κ2) is 6.03. The molecule has 2 unspecified atom stereocenters. The molecule has 0 aliphatic carbocycles. The van der Waals surface area contributed by atoms with Gasteiger partial charge in [0.25, 0.3) is 0 Å². The highest BCUT2D eigenvalue weighted by molar-refractivity contribution is 7.13. The van der Waals surface area contributed by atoms with E-state index in [9.17, 15) is 0 Å². The van der Waals surface area contributed by atoms with Crippen LogP contribution in [-0.4, -0.2) is 34.2 Å². The third-order valence-corrected chi connectivity index (χ3v) is 4.84. The monoisotopic (exact) mass is 292 g/mol. The predicted molar refractivity (Wildman–Crippen MR) is 79.3 cm³/mol. The van der Waals surface area contributed by atoms with Gasteiger partial charge in [0.1, 0.15) is 0 Å². The largest absolute Gasteiger partial charge is 0.338 e. The average Bonchev–Trinajstić information content (AvgIpc) is 3.11. The van der Waals surface area contributed by atoms with Crippen LogP contribution >= 0.6 is 11.3 Å². The summed E-state index contributed by atoms with van der Waals surface area (Å²) in [5.74, 6) is 1.96. The van der Waals surface area contributed by atoms with Gasteiger partial charge in [0.15, 0.2) is 0 Å². The zero-order chi connectivity index (χ0) is 13.9. The lowest BCUT2D eigenvalue weighted by Crippen LogP contribution is -2.46. The fourth-order valence-corrected chi connectivity index (χ4v) is 3.37. The quantitative estimate of drug-likeness (QED) is 0.937. The number of hydrogen-bond acceptors (Lipinski definition) is 6. The summed E-state index contributed by atoms with van der Waals surface area (Å²) in [6, 6.07) is 4.33. The molecule has 6 heteroatoms. The normalized spacial score (nSPS) is 24.1. The van der Waals surface area contributed by atoms with Crippen LogP contribution < -0.4 is 5.73 Å². The van der Waals surface area contributed by atoms with Crippen LogP contribution in [0.25, 0.3) is 10.7 Å². The van der Waals surface area contributed by atoms with Crippen LogP contribution in [0, 0.1) is 5.92 Å². The number of aromatic nitrogens is 2. The van der Waals surface area contributed by atoms with Crippen LogP contribution in [0.15, 0.2) is 22.0 Å². The van der Waals surface area contributed by atoms with Crippen LogP contribution in [0.5, 0.6) is 0 Å². The predicted octanol–water partition coefficient (Wildman–Crippen LogP) is 2.36. The first kappa shape index (κ1) is 13.7. The number of likely N-dealkylation sites (tertiary alicyclic amines) is 1. The highest BCUT2D eigenvalue weighted by Gasteiger charge is 2.26. The summed E-state index contributed by atoms with van der Waals surface area (Å²) in [5.41, 5.74) is 6.14. The summed E-state index contributed by atoms with van der Waals surface area (Å²) in [7, 11) is 0. The second-order valence-electron chi connectivity index (χ2n) is 5.34. The van der Waals surface area contributed by atoms with E-state index in [0.717, 1.165) is 37.4 Å². The van der Waals surface area contributed by atoms with E-state index >= 15 is 0 Å². The number of rotatable bonds is 4. The molecule has 0 spiro atoms. The minimum Gasteiger partial charge on any atom is -0.338 e. The SMILES string of the molecule is CCC1CN(Cc2nc(-c3cccs3)no2)CCC1N. The standard InChI is InChI=1S/C14H20N4OS/c1-2-10-8-18(6-5-11(10)15)9-13-16-14(17-19-13)12-4-3-7-20-12/h3-4,7,10-11H,2,5-6,8-9,15H2,1H3. The minimum absolute atomic E-state index is 0.334. The Morgan fingerprint density at radius 2 is 2.45 bits per heavy atom. The number of hydrogen-bond donors (Lipinski definition) is 1. The van der Waals surface area contributed by atoms with E-state index in [-0.39, 0.29) is 0 Å². The van der Waals surface area contributed by atoms with Gasteiger partial charge in [0, 0.05) is 19.1 Å². The molecule has 0 saturated carbocycles. The van der Waals surface area contributed by atoms with Gasteiger partial charge in [-0.2, -0.15) is 4.98 Å². The molecule has 108 valence electrons. The fourth-order valence-electron chi connectivity index (χ4n) is 2.72. The van der Waals surface area contributed by atoms with Crippen molar-refractivity contribution in [1.29, 1.82) is 0 Å². The number of piperidine rings is 1. The molecule has 1 aliphatic heterocycles. The van der Waals surface area contributed by atoms with Gasteiger partial charge in [0.05, 0.1) is 11.4 Å². The minimum atomic E-state index is 0.334. The van der Waals surface area contributed by atoms with Crippen LogP contribution in [0.2, 0.25) is 0 Å². The third-order valence-electron chi connectivity index (χ3n) is 3.97. The average molecular weight is 292 g/mol. The van der Waals surface area contributed by atoms with Gasteiger partial charge in [-0.15, -0.1) is 11.3 Å². The molecule has 3 heterocycles. The van der Waals surface area contributed by atoms with Crippen molar-refractivity contribution < 1.29 is 4.52 Å². The Morgan fingerprint density at radius 1 is 1.55 bits per heavy atom. The molecule has 0 aromatic carbocycles. The molecule has 5 nitrogen and oxygen atoms in total. The molecular weight excluding hydrogens is 272 g/mol. The van der Waals surface area contributed by atoms with Crippen molar-refractivity contribution in [1.82, 2.24) is 15.0 Å². The number of nitrogens with zero attached hydrogens (tertiary/aromatic N) is 3. The van der Waals surface area contributed by atoms with Gasteiger partial charge < -0.3 is 10.3 Å². The van der Waals surface area contributed by atoms with E-state index < -0.39 is 0 Å².